The molecule has 4 heteroatoms. The number of hydrogen-bond acceptors (Lipinski definition) is 4. The van der Waals surface area contributed by atoms with E-state index in [1.807, 2.05) is 12.1 Å². The number of methoxy groups -OCH3 is 3. The van der Waals surface area contributed by atoms with E-state index in [-0.39, 0.29) is 5.54 Å². The predicted molar refractivity (Wildman–Crippen MR) is 70.0 cm³/mol. The largest absolute Gasteiger partial charge is 0.492 e. The molecule has 1 aliphatic rings. The molecular weight excluding hydrogens is 230 g/mol. The van der Waals surface area contributed by atoms with E-state index < -0.39 is 0 Å². The zero-order chi connectivity index (χ0) is 13.2. The van der Waals surface area contributed by atoms with Crippen LogP contribution in [0.25, 0.3) is 0 Å². The van der Waals surface area contributed by atoms with Crippen LogP contribution in [0.1, 0.15) is 30.4 Å². The Morgan fingerprint density at radius 1 is 1.11 bits per heavy atom. The first kappa shape index (κ1) is 13.2. The first-order valence-electron chi connectivity index (χ1n) is 6.18. The maximum Gasteiger partial charge on any atom is 0.166 e. The second kappa shape index (κ2) is 5.16. The van der Waals surface area contributed by atoms with Gasteiger partial charge in [0.2, 0.25) is 0 Å². The quantitative estimate of drug-likeness (QED) is 0.871. The minimum absolute atomic E-state index is 0.260. The Balaban J connectivity index is 2.48. The molecule has 0 saturated heterocycles. The molecule has 1 aliphatic carbocycles. The lowest BCUT2D eigenvalue weighted by Gasteiger charge is -2.39. The molecule has 1 aromatic rings. The minimum Gasteiger partial charge on any atom is -0.492 e. The smallest absolute Gasteiger partial charge is 0.166 e. The highest BCUT2D eigenvalue weighted by Crippen LogP contribution is 2.47. The average molecular weight is 251 g/mol. The van der Waals surface area contributed by atoms with Crippen LogP contribution in [0.3, 0.4) is 0 Å². The summed E-state index contributed by atoms with van der Waals surface area (Å²) < 4.78 is 16.1. The average Bonchev–Trinajstić information content (AvgIpc) is 2.35. The zero-order valence-corrected chi connectivity index (χ0v) is 11.3. The Labute approximate surface area is 108 Å². The molecule has 0 aromatic heterocycles. The van der Waals surface area contributed by atoms with Gasteiger partial charge >= 0.3 is 0 Å². The van der Waals surface area contributed by atoms with Gasteiger partial charge in [0.25, 0.3) is 0 Å². The molecule has 0 unspecified atom stereocenters. The lowest BCUT2D eigenvalue weighted by atomic mass is 9.72. The predicted octanol–water partition coefficient (Wildman–Crippen LogP) is 2.19. The third kappa shape index (κ3) is 2.06. The zero-order valence-electron chi connectivity index (χ0n) is 11.3. The highest BCUT2D eigenvalue weighted by Gasteiger charge is 2.38. The summed E-state index contributed by atoms with van der Waals surface area (Å²) in [5, 5.41) is 0. The van der Waals surface area contributed by atoms with Crippen LogP contribution in [0.15, 0.2) is 12.1 Å². The van der Waals surface area contributed by atoms with Crippen molar-refractivity contribution in [3.8, 4) is 11.5 Å². The van der Waals surface area contributed by atoms with E-state index in [4.69, 9.17) is 19.9 Å². The molecule has 4 nitrogen and oxygen atoms in total. The molecule has 0 bridgehead atoms. The fourth-order valence-electron chi connectivity index (χ4n) is 2.52. The summed E-state index contributed by atoms with van der Waals surface area (Å²) in [6.07, 6.45) is 3.16. The molecule has 18 heavy (non-hydrogen) atoms. The Morgan fingerprint density at radius 3 is 2.22 bits per heavy atom. The molecule has 0 radical (unpaired) electrons. The van der Waals surface area contributed by atoms with Gasteiger partial charge in [-0.2, -0.15) is 0 Å². The number of rotatable bonds is 5. The highest BCUT2D eigenvalue weighted by atomic mass is 16.5. The Bertz CT molecular complexity index is 427. The molecule has 1 saturated carbocycles. The third-order valence-electron chi connectivity index (χ3n) is 3.68. The molecule has 1 aromatic carbocycles. The lowest BCUT2D eigenvalue weighted by molar-refractivity contribution is 0.180. The maximum atomic E-state index is 6.38. The van der Waals surface area contributed by atoms with Gasteiger partial charge in [-0.1, -0.05) is 12.1 Å². The summed E-state index contributed by atoms with van der Waals surface area (Å²) in [4.78, 5) is 0. The first-order chi connectivity index (χ1) is 8.66. The van der Waals surface area contributed by atoms with E-state index in [0.29, 0.717) is 6.61 Å². The van der Waals surface area contributed by atoms with E-state index in [1.54, 1.807) is 21.3 Å². The Hall–Kier alpha value is -1.26. The van der Waals surface area contributed by atoms with Crippen LogP contribution in [-0.4, -0.2) is 21.3 Å². The van der Waals surface area contributed by atoms with E-state index in [9.17, 15) is 0 Å². The standard InChI is InChI=1S/C14H21NO3/c1-16-9-10-5-6-11(14(15)7-4-8-14)13(18-3)12(10)17-2/h5-6H,4,7-9,15H2,1-3H3. The monoisotopic (exact) mass is 251 g/mol. The van der Waals surface area contributed by atoms with Crippen molar-refractivity contribution >= 4 is 0 Å². The van der Waals surface area contributed by atoms with Crippen molar-refractivity contribution in [2.45, 2.75) is 31.4 Å². The maximum absolute atomic E-state index is 6.38. The molecule has 0 amide bonds. The summed E-state index contributed by atoms with van der Waals surface area (Å²) in [5.74, 6) is 1.47. The van der Waals surface area contributed by atoms with Crippen molar-refractivity contribution in [2.24, 2.45) is 5.73 Å². The van der Waals surface area contributed by atoms with Gasteiger partial charge in [-0.3, -0.25) is 0 Å². The van der Waals surface area contributed by atoms with Crippen LogP contribution >= 0.6 is 0 Å². The van der Waals surface area contributed by atoms with Gasteiger partial charge in [-0.05, 0) is 19.3 Å². The van der Waals surface area contributed by atoms with Crippen molar-refractivity contribution < 1.29 is 14.2 Å². The molecule has 0 aliphatic heterocycles. The van der Waals surface area contributed by atoms with Gasteiger partial charge in [0.05, 0.1) is 20.8 Å². The van der Waals surface area contributed by atoms with Crippen molar-refractivity contribution in [1.82, 2.24) is 0 Å². The van der Waals surface area contributed by atoms with Crippen LogP contribution in [0.4, 0.5) is 0 Å². The molecule has 0 spiro atoms. The molecule has 1 fully saturated rings. The fourth-order valence-corrected chi connectivity index (χ4v) is 2.52. The topological polar surface area (TPSA) is 53.7 Å². The number of ether oxygens (including phenoxy) is 3. The number of hydrogen-bond donors (Lipinski definition) is 1. The van der Waals surface area contributed by atoms with Gasteiger partial charge in [-0.25, -0.2) is 0 Å². The van der Waals surface area contributed by atoms with Crippen molar-refractivity contribution in [2.75, 3.05) is 21.3 Å². The molecule has 2 N–H and O–H groups in total. The third-order valence-corrected chi connectivity index (χ3v) is 3.68. The summed E-state index contributed by atoms with van der Waals surface area (Å²) >= 11 is 0. The van der Waals surface area contributed by atoms with Gasteiger partial charge in [0.1, 0.15) is 0 Å². The van der Waals surface area contributed by atoms with E-state index in [0.717, 1.165) is 35.5 Å². The van der Waals surface area contributed by atoms with Gasteiger partial charge in [0, 0.05) is 23.8 Å². The fraction of sp³-hybridized carbons (Fsp3) is 0.571. The van der Waals surface area contributed by atoms with Gasteiger partial charge in [-0.15, -0.1) is 0 Å². The lowest BCUT2D eigenvalue weighted by Crippen LogP contribution is -2.43. The SMILES string of the molecule is COCc1ccc(C2(N)CCC2)c(OC)c1OC. The summed E-state index contributed by atoms with van der Waals surface area (Å²) in [7, 11) is 4.96. The number of benzene rings is 1. The van der Waals surface area contributed by atoms with E-state index >= 15 is 0 Å². The molecule has 0 heterocycles. The Morgan fingerprint density at radius 2 is 1.78 bits per heavy atom. The van der Waals surface area contributed by atoms with Gasteiger partial charge in [0.15, 0.2) is 11.5 Å². The molecular formula is C14H21NO3. The molecule has 100 valence electrons. The van der Waals surface area contributed by atoms with E-state index in [2.05, 4.69) is 0 Å². The second-order valence-electron chi connectivity index (χ2n) is 4.78. The molecule has 2 rings (SSSR count). The van der Waals surface area contributed by atoms with Crippen LogP contribution in [-0.2, 0) is 16.9 Å². The normalized spacial score (nSPS) is 17.1. The van der Waals surface area contributed by atoms with E-state index in [1.165, 1.54) is 6.42 Å². The van der Waals surface area contributed by atoms with Crippen LogP contribution in [0.5, 0.6) is 11.5 Å². The van der Waals surface area contributed by atoms with Crippen molar-refractivity contribution in [1.29, 1.82) is 0 Å². The minimum atomic E-state index is -0.260. The van der Waals surface area contributed by atoms with Crippen LogP contribution < -0.4 is 15.2 Å². The first-order valence-corrected chi connectivity index (χ1v) is 6.18. The number of nitrogens with two attached hydrogens (primary N) is 1. The van der Waals surface area contributed by atoms with Crippen molar-refractivity contribution in [3.05, 3.63) is 23.3 Å². The highest BCUT2D eigenvalue weighted by molar-refractivity contribution is 5.54. The summed E-state index contributed by atoms with van der Waals surface area (Å²) in [6, 6.07) is 4.04. The summed E-state index contributed by atoms with van der Waals surface area (Å²) in [5.41, 5.74) is 8.13. The van der Waals surface area contributed by atoms with Crippen LogP contribution in [0.2, 0.25) is 0 Å². The van der Waals surface area contributed by atoms with Crippen LogP contribution in [0, 0.1) is 0 Å². The second-order valence-corrected chi connectivity index (χ2v) is 4.78. The Kier molecular flexibility index (Phi) is 3.78. The van der Waals surface area contributed by atoms with Crippen molar-refractivity contribution in [3.63, 3.8) is 0 Å². The molecule has 0 atom stereocenters. The van der Waals surface area contributed by atoms with Gasteiger partial charge < -0.3 is 19.9 Å². The summed E-state index contributed by atoms with van der Waals surface area (Å²) in [6.45, 7) is 0.497.